The highest BCUT2D eigenvalue weighted by atomic mass is 35.6. The molecule has 0 amide bonds. The Hall–Kier alpha value is -1.75. The predicted molar refractivity (Wildman–Crippen MR) is 142 cm³/mol. The Morgan fingerprint density at radius 1 is 0.853 bits per heavy atom. The van der Waals surface area contributed by atoms with Crippen molar-refractivity contribution in [2.75, 3.05) is 6.61 Å². The molecule has 0 spiro atoms. The monoisotopic (exact) mass is 528 g/mol. The first-order valence-electron chi connectivity index (χ1n) is 11.8. The van der Waals surface area contributed by atoms with Crippen LogP contribution < -0.4 is 4.74 Å². The van der Waals surface area contributed by atoms with E-state index in [-0.39, 0.29) is 17.7 Å². The van der Waals surface area contributed by atoms with Crippen LogP contribution in [0.1, 0.15) is 81.5 Å². The smallest absolute Gasteiger partial charge is 0.342 e. The van der Waals surface area contributed by atoms with Gasteiger partial charge < -0.3 is 9.47 Å². The van der Waals surface area contributed by atoms with Crippen molar-refractivity contribution >= 4 is 46.7 Å². The van der Waals surface area contributed by atoms with Gasteiger partial charge in [0.25, 0.3) is 0 Å². The van der Waals surface area contributed by atoms with E-state index in [0.29, 0.717) is 6.42 Å². The van der Waals surface area contributed by atoms with Gasteiger partial charge >= 0.3 is 11.9 Å². The van der Waals surface area contributed by atoms with Gasteiger partial charge in [-0.1, -0.05) is 103 Å². The number of unbranched alkanes of at least 4 members (excludes halogenated alkanes) is 5. The van der Waals surface area contributed by atoms with Crippen LogP contribution in [0.25, 0.3) is 0 Å². The van der Waals surface area contributed by atoms with Crippen LogP contribution in [-0.2, 0) is 9.53 Å². The Kier molecular flexibility index (Phi) is 16.5. The number of rotatable bonds is 16. The number of esters is 2. The third-order valence-corrected chi connectivity index (χ3v) is 5.05. The van der Waals surface area contributed by atoms with Crippen LogP contribution in [0.4, 0.5) is 0 Å². The molecule has 188 valence electrons. The zero-order valence-electron chi connectivity index (χ0n) is 19.8. The summed E-state index contributed by atoms with van der Waals surface area (Å²) in [5, 5.41) is 0. The number of benzene rings is 1. The van der Waals surface area contributed by atoms with Crippen molar-refractivity contribution in [3.63, 3.8) is 0 Å². The number of ether oxygens (including phenoxy) is 2. The van der Waals surface area contributed by atoms with E-state index in [1.165, 1.54) is 37.8 Å². The van der Waals surface area contributed by atoms with Gasteiger partial charge in [-0.3, -0.25) is 4.79 Å². The third kappa shape index (κ3) is 16.0. The molecule has 0 fully saturated rings. The van der Waals surface area contributed by atoms with Gasteiger partial charge in [0.1, 0.15) is 17.9 Å². The Morgan fingerprint density at radius 3 is 2.06 bits per heavy atom. The van der Waals surface area contributed by atoms with Gasteiger partial charge in [0, 0.05) is 6.42 Å². The van der Waals surface area contributed by atoms with Gasteiger partial charge in [0.2, 0.25) is 3.79 Å². The summed E-state index contributed by atoms with van der Waals surface area (Å²) in [4.78, 5) is 24.4. The fraction of sp³-hybridized carbons (Fsp3) is 0.481. The molecule has 0 aliphatic carbocycles. The number of halogens is 3. The number of carbonyl (C=O) groups excluding carboxylic acids is 2. The summed E-state index contributed by atoms with van der Waals surface area (Å²) in [7, 11) is 0. The fourth-order valence-electron chi connectivity index (χ4n) is 2.94. The summed E-state index contributed by atoms with van der Waals surface area (Å²) >= 11 is 16.8. The number of carbonyl (C=O) groups is 2. The Morgan fingerprint density at radius 2 is 1.44 bits per heavy atom. The highest BCUT2D eigenvalue weighted by Gasteiger charge is 2.24. The van der Waals surface area contributed by atoms with Crippen LogP contribution in [0, 0.1) is 0 Å². The Bertz CT molecular complexity index is 810. The summed E-state index contributed by atoms with van der Waals surface area (Å²) in [5.41, 5.74) is 0.105. The van der Waals surface area contributed by atoms with Crippen molar-refractivity contribution in [3.05, 3.63) is 66.3 Å². The zero-order valence-corrected chi connectivity index (χ0v) is 22.1. The third-order valence-electron chi connectivity index (χ3n) is 4.72. The summed E-state index contributed by atoms with van der Waals surface area (Å²) in [6, 6.07) is 6.32. The lowest BCUT2D eigenvalue weighted by molar-refractivity contribution is -0.134. The summed E-state index contributed by atoms with van der Waals surface area (Å²) in [6.07, 6.45) is 22.7. The van der Waals surface area contributed by atoms with Gasteiger partial charge in [0.15, 0.2) is 0 Å². The fourth-order valence-corrected chi connectivity index (χ4v) is 3.11. The van der Waals surface area contributed by atoms with E-state index >= 15 is 0 Å². The normalized spacial score (nSPS) is 12.1. The standard InChI is InChI=1S/C27H35Cl3O4/c1-2-3-4-5-6-7-8-9-10-11-12-13-14-15-16-21-25(31)34-24-20-18-17-19-23(24)26(32)33-22-27(28,29)30/h6-7,9-10,12-13,17-20H,2-5,8,11,14-16,21-22H2,1H3/b7-6-,10-9-,13-12-. The molecule has 0 saturated carbocycles. The first-order valence-corrected chi connectivity index (χ1v) is 13.0. The largest absolute Gasteiger partial charge is 0.457 e. The molecule has 0 aromatic heterocycles. The molecule has 0 saturated heterocycles. The van der Waals surface area contributed by atoms with Crippen molar-refractivity contribution < 1.29 is 19.1 Å². The second kappa shape index (κ2) is 18.6. The van der Waals surface area contributed by atoms with Crippen molar-refractivity contribution in [2.45, 2.75) is 74.9 Å². The molecule has 0 radical (unpaired) electrons. The lowest BCUT2D eigenvalue weighted by atomic mass is 10.1. The molecule has 0 aliphatic rings. The molecular formula is C27H35Cl3O4. The van der Waals surface area contributed by atoms with Crippen LogP contribution in [0.2, 0.25) is 0 Å². The molecule has 1 aromatic carbocycles. The molecule has 0 unspecified atom stereocenters. The van der Waals surface area contributed by atoms with E-state index in [0.717, 1.165) is 25.7 Å². The van der Waals surface area contributed by atoms with Gasteiger partial charge in [0.05, 0.1) is 0 Å². The molecule has 34 heavy (non-hydrogen) atoms. The number of alkyl halides is 3. The van der Waals surface area contributed by atoms with Gasteiger partial charge in [-0.15, -0.1) is 0 Å². The van der Waals surface area contributed by atoms with E-state index in [1.54, 1.807) is 12.1 Å². The van der Waals surface area contributed by atoms with Gasteiger partial charge in [-0.05, 0) is 57.1 Å². The van der Waals surface area contributed by atoms with E-state index in [1.807, 2.05) is 0 Å². The molecule has 0 N–H and O–H groups in total. The van der Waals surface area contributed by atoms with Crippen molar-refractivity contribution in [1.29, 1.82) is 0 Å². The van der Waals surface area contributed by atoms with Gasteiger partial charge in [-0.25, -0.2) is 4.79 Å². The lowest BCUT2D eigenvalue weighted by Gasteiger charge is -2.13. The van der Waals surface area contributed by atoms with Crippen molar-refractivity contribution in [1.82, 2.24) is 0 Å². The Balaban J connectivity index is 2.23. The summed E-state index contributed by atoms with van der Waals surface area (Å²) in [6.45, 7) is 1.81. The summed E-state index contributed by atoms with van der Waals surface area (Å²) in [5.74, 6) is -1.00. The van der Waals surface area contributed by atoms with Crippen LogP contribution in [-0.4, -0.2) is 22.3 Å². The molecule has 7 heteroatoms. The van der Waals surface area contributed by atoms with E-state index < -0.39 is 22.3 Å². The highest BCUT2D eigenvalue weighted by Crippen LogP contribution is 2.27. The molecule has 0 heterocycles. The number of hydrogen-bond acceptors (Lipinski definition) is 4. The Labute approximate surface area is 218 Å². The molecule has 0 atom stereocenters. The quantitative estimate of drug-likeness (QED) is 0.0706. The van der Waals surface area contributed by atoms with Crippen molar-refractivity contribution in [2.24, 2.45) is 0 Å². The van der Waals surface area contributed by atoms with Crippen molar-refractivity contribution in [3.8, 4) is 5.75 Å². The van der Waals surface area contributed by atoms with Crippen LogP contribution in [0.5, 0.6) is 5.75 Å². The SMILES string of the molecule is CCCCC/C=C\C/C=C\C/C=C\CCCCC(=O)Oc1ccccc1C(=O)OCC(Cl)(Cl)Cl. The first kappa shape index (κ1) is 30.3. The lowest BCUT2D eigenvalue weighted by Crippen LogP contribution is -2.18. The van der Waals surface area contributed by atoms with E-state index in [4.69, 9.17) is 44.3 Å². The molecule has 0 aliphatic heterocycles. The second-order valence-electron chi connectivity index (χ2n) is 7.79. The van der Waals surface area contributed by atoms with Gasteiger partial charge in [-0.2, -0.15) is 0 Å². The molecule has 0 bridgehead atoms. The minimum absolute atomic E-state index is 0.105. The average molecular weight is 530 g/mol. The highest BCUT2D eigenvalue weighted by molar-refractivity contribution is 6.67. The molecule has 1 rings (SSSR count). The van der Waals surface area contributed by atoms with E-state index in [9.17, 15) is 9.59 Å². The number of para-hydroxylation sites is 1. The predicted octanol–water partition coefficient (Wildman–Crippen LogP) is 8.71. The minimum atomic E-state index is -1.71. The molecule has 4 nitrogen and oxygen atoms in total. The minimum Gasteiger partial charge on any atom is -0.457 e. The maximum Gasteiger partial charge on any atom is 0.342 e. The topological polar surface area (TPSA) is 52.6 Å². The van der Waals surface area contributed by atoms with Crippen LogP contribution >= 0.6 is 34.8 Å². The zero-order chi connectivity index (χ0) is 25.1. The number of hydrogen-bond donors (Lipinski definition) is 0. The molecule has 1 aromatic rings. The first-order chi connectivity index (χ1) is 16.3. The molecular weight excluding hydrogens is 495 g/mol. The van der Waals surface area contributed by atoms with E-state index in [2.05, 4.69) is 43.4 Å². The second-order valence-corrected chi connectivity index (χ2v) is 10.3. The van der Waals surface area contributed by atoms with Crippen LogP contribution in [0.3, 0.4) is 0 Å². The summed E-state index contributed by atoms with van der Waals surface area (Å²) < 4.78 is 8.60. The maximum absolute atomic E-state index is 12.2. The van der Waals surface area contributed by atoms with Crippen LogP contribution in [0.15, 0.2) is 60.7 Å². The average Bonchev–Trinajstić information content (AvgIpc) is 2.80. The number of allylic oxidation sites excluding steroid dienone is 6. The maximum atomic E-state index is 12.2.